The molecule has 0 aliphatic heterocycles. The van der Waals surface area contributed by atoms with Crippen molar-refractivity contribution < 1.29 is 4.79 Å². The van der Waals surface area contributed by atoms with Gasteiger partial charge in [-0.25, -0.2) is 4.98 Å². The van der Waals surface area contributed by atoms with E-state index in [9.17, 15) is 4.79 Å². The van der Waals surface area contributed by atoms with Gasteiger partial charge in [-0.1, -0.05) is 0 Å². The number of carbonyl (C=O) groups is 1. The van der Waals surface area contributed by atoms with E-state index in [1.807, 2.05) is 23.1 Å². The summed E-state index contributed by atoms with van der Waals surface area (Å²) in [5, 5.41) is 0. The number of pyridine rings is 2. The number of amides is 1. The molecule has 0 radical (unpaired) electrons. The molecule has 1 amide bonds. The zero-order chi connectivity index (χ0) is 13.9. The van der Waals surface area contributed by atoms with Crippen molar-refractivity contribution in [3.63, 3.8) is 0 Å². The Labute approximate surface area is 126 Å². The van der Waals surface area contributed by atoms with Gasteiger partial charge in [0.15, 0.2) is 0 Å². The quantitative estimate of drug-likeness (QED) is 0.865. The van der Waals surface area contributed by atoms with Crippen LogP contribution in [0, 0.1) is 0 Å². The maximum Gasteiger partial charge on any atom is 0.272 e. The Balaban J connectivity index is 1.80. The molecule has 1 saturated carbocycles. The molecule has 0 saturated heterocycles. The van der Waals surface area contributed by atoms with Crippen LogP contribution in [-0.4, -0.2) is 26.8 Å². The first-order chi connectivity index (χ1) is 9.74. The third-order valence-corrected chi connectivity index (χ3v) is 3.77. The van der Waals surface area contributed by atoms with Crippen molar-refractivity contribution in [2.45, 2.75) is 25.4 Å². The maximum absolute atomic E-state index is 12.6. The maximum atomic E-state index is 12.6. The largest absolute Gasteiger partial charge is 0.330 e. The summed E-state index contributed by atoms with van der Waals surface area (Å²) in [6.07, 6.45) is 7.32. The molecule has 0 spiro atoms. The van der Waals surface area contributed by atoms with Gasteiger partial charge in [0.05, 0.1) is 0 Å². The topological polar surface area (TPSA) is 46.1 Å². The van der Waals surface area contributed by atoms with Crippen LogP contribution in [0.25, 0.3) is 0 Å². The van der Waals surface area contributed by atoms with Crippen LogP contribution in [-0.2, 0) is 6.54 Å². The van der Waals surface area contributed by atoms with E-state index in [1.54, 1.807) is 24.7 Å². The van der Waals surface area contributed by atoms with Gasteiger partial charge < -0.3 is 4.90 Å². The average Bonchev–Trinajstić information content (AvgIpc) is 3.30. The van der Waals surface area contributed by atoms with Gasteiger partial charge in [0.2, 0.25) is 0 Å². The molecule has 3 rings (SSSR count). The smallest absolute Gasteiger partial charge is 0.272 e. The van der Waals surface area contributed by atoms with Crippen LogP contribution in [0.3, 0.4) is 0 Å². The summed E-state index contributed by atoms with van der Waals surface area (Å²) in [5.41, 5.74) is 1.59. The molecule has 0 unspecified atom stereocenters. The first-order valence-corrected chi connectivity index (χ1v) is 7.35. The molecule has 1 aliphatic rings. The van der Waals surface area contributed by atoms with Crippen LogP contribution < -0.4 is 0 Å². The Morgan fingerprint density at radius 1 is 1.25 bits per heavy atom. The molecular formula is C15H14BrN3O. The number of aromatic nitrogens is 2. The number of carbonyl (C=O) groups excluding carboxylic acids is 1. The number of rotatable bonds is 4. The van der Waals surface area contributed by atoms with Crippen LogP contribution in [0.5, 0.6) is 0 Å². The highest BCUT2D eigenvalue weighted by Gasteiger charge is 2.33. The van der Waals surface area contributed by atoms with E-state index in [-0.39, 0.29) is 5.91 Å². The molecule has 2 aromatic rings. The van der Waals surface area contributed by atoms with Crippen LogP contribution >= 0.6 is 15.9 Å². The molecule has 0 aromatic carbocycles. The lowest BCUT2D eigenvalue weighted by Crippen LogP contribution is -2.33. The molecule has 0 atom stereocenters. The van der Waals surface area contributed by atoms with E-state index < -0.39 is 0 Å². The van der Waals surface area contributed by atoms with Crippen molar-refractivity contribution in [3.8, 4) is 0 Å². The van der Waals surface area contributed by atoms with Gasteiger partial charge in [-0.05, 0) is 58.6 Å². The second-order valence-corrected chi connectivity index (χ2v) is 5.80. The molecule has 20 heavy (non-hydrogen) atoms. The van der Waals surface area contributed by atoms with Gasteiger partial charge in [-0.3, -0.25) is 9.78 Å². The van der Waals surface area contributed by atoms with Gasteiger partial charge in [0.25, 0.3) is 5.91 Å². The third kappa shape index (κ3) is 3.04. The van der Waals surface area contributed by atoms with Gasteiger partial charge in [-0.15, -0.1) is 0 Å². The highest BCUT2D eigenvalue weighted by Crippen LogP contribution is 2.29. The molecule has 0 bridgehead atoms. The minimum absolute atomic E-state index is 0.00295. The Bertz CT molecular complexity index is 596. The fraction of sp³-hybridized carbons (Fsp3) is 0.267. The lowest BCUT2D eigenvalue weighted by molar-refractivity contribution is 0.0724. The lowest BCUT2D eigenvalue weighted by atomic mass is 10.2. The minimum atomic E-state index is -0.00295. The Morgan fingerprint density at radius 2 is 2.00 bits per heavy atom. The van der Waals surface area contributed by atoms with Crippen molar-refractivity contribution in [2.24, 2.45) is 0 Å². The van der Waals surface area contributed by atoms with Crippen LogP contribution in [0.4, 0.5) is 0 Å². The fourth-order valence-corrected chi connectivity index (χ4v) is 2.32. The van der Waals surface area contributed by atoms with Crippen LogP contribution in [0.1, 0.15) is 28.9 Å². The van der Waals surface area contributed by atoms with Crippen molar-refractivity contribution in [2.75, 3.05) is 0 Å². The molecule has 4 nitrogen and oxygen atoms in total. The molecule has 2 aromatic heterocycles. The number of hydrogen-bond acceptors (Lipinski definition) is 3. The van der Waals surface area contributed by atoms with Gasteiger partial charge >= 0.3 is 0 Å². The first-order valence-electron chi connectivity index (χ1n) is 6.55. The minimum Gasteiger partial charge on any atom is -0.330 e. The predicted molar refractivity (Wildman–Crippen MR) is 79.1 cm³/mol. The van der Waals surface area contributed by atoms with Crippen molar-refractivity contribution in [1.82, 2.24) is 14.9 Å². The monoisotopic (exact) mass is 331 g/mol. The van der Waals surface area contributed by atoms with Crippen molar-refractivity contribution in [1.29, 1.82) is 0 Å². The Kier molecular flexibility index (Phi) is 3.78. The van der Waals surface area contributed by atoms with E-state index in [4.69, 9.17) is 0 Å². The SMILES string of the molecule is O=C(c1ccc(Br)cn1)N(Cc1ccncc1)C1CC1. The summed E-state index contributed by atoms with van der Waals surface area (Å²) in [7, 11) is 0. The van der Waals surface area contributed by atoms with Gasteiger partial charge in [0, 0.05) is 35.6 Å². The Hall–Kier alpha value is -1.75. The molecular weight excluding hydrogens is 318 g/mol. The van der Waals surface area contributed by atoms with E-state index in [2.05, 4.69) is 25.9 Å². The number of nitrogens with zero attached hydrogens (tertiary/aromatic N) is 3. The molecule has 2 heterocycles. The van der Waals surface area contributed by atoms with E-state index in [0.717, 1.165) is 22.9 Å². The molecule has 102 valence electrons. The molecule has 1 aliphatic carbocycles. The fourth-order valence-electron chi connectivity index (χ4n) is 2.09. The molecule has 5 heteroatoms. The van der Waals surface area contributed by atoms with Gasteiger partial charge in [0.1, 0.15) is 5.69 Å². The second kappa shape index (κ2) is 5.71. The average molecular weight is 332 g/mol. The summed E-state index contributed by atoms with van der Waals surface area (Å²) in [6.45, 7) is 0.615. The highest BCUT2D eigenvalue weighted by molar-refractivity contribution is 9.10. The first kappa shape index (κ1) is 13.2. The van der Waals surface area contributed by atoms with E-state index >= 15 is 0 Å². The van der Waals surface area contributed by atoms with Gasteiger partial charge in [-0.2, -0.15) is 0 Å². The van der Waals surface area contributed by atoms with Crippen molar-refractivity contribution >= 4 is 21.8 Å². The molecule has 1 fully saturated rings. The van der Waals surface area contributed by atoms with E-state index in [0.29, 0.717) is 18.3 Å². The predicted octanol–water partition coefficient (Wildman–Crippen LogP) is 3.04. The second-order valence-electron chi connectivity index (χ2n) is 4.88. The molecule has 0 N–H and O–H groups in total. The summed E-state index contributed by atoms with van der Waals surface area (Å²) in [4.78, 5) is 22.7. The Morgan fingerprint density at radius 3 is 2.60 bits per heavy atom. The zero-order valence-electron chi connectivity index (χ0n) is 10.9. The number of hydrogen-bond donors (Lipinski definition) is 0. The summed E-state index contributed by atoms with van der Waals surface area (Å²) < 4.78 is 0.876. The highest BCUT2D eigenvalue weighted by atomic mass is 79.9. The van der Waals surface area contributed by atoms with Crippen molar-refractivity contribution in [3.05, 3.63) is 58.6 Å². The number of halogens is 1. The summed E-state index contributed by atoms with van der Waals surface area (Å²) in [5.74, 6) is -0.00295. The lowest BCUT2D eigenvalue weighted by Gasteiger charge is -2.22. The normalized spacial score (nSPS) is 14.1. The standard InChI is InChI=1S/C15H14BrN3O/c16-12-1-4-14(18-9-12)15(20)19(13-2-3-13)10-11-5-7-17-8-6-11/h1,4-9,13H,2-3,10H2. The van der Waals surface area contributed by atoms with Crippen LogP contribution in [0.2, 0.25) is 0 Å². The van der Waals surface area contributed by atoms with E-state index in [1.165, 1.54) is 0 Å². The third-order valence-electron chi connectivity index (χ3n) is 3.30. The summed E-state index contributed by atoms with van der Waals surface area (Å²) >= 11 is 3.33. The summed E-state index contributed by atoms with van der Waals surface area (Å²) in [6, 6.07) is 7.84. The zero-order valence-corrected chi connectivity index (χ0v) is 12.5. The van der Waals surface area contributed by atoms with Crippen LogP contribution in [0.15, 0.2) is 47.3 Å².